The van der Waals surface area contributed by atoms with Gasteiger partial charge in [0.05, 0.1) is 0 Å². The zero-order chi connectivity index (χ0) is 14.4. The van der Waals surface area contributed by atoms with Gasteiger partial charge < -0.3 is 14.7 Å². The molecule has 0 radical (unpaired) electrons. The van der Waals surface area contributed by atoms with Gasteiger partial charge >= 0.3 is 5.97 Å². The zero-order valence-corrected chi connectivity index (χ0v) is 11.4. The van der Waals surface area contributed by atoms with Crippen molar-refractivity contribution in [3.05, 3.63) is 29.8 Å². The molecule has 1 atom stereocenters. The summed E-state index contributed by atoms with van der Waals surface area (Å²) in [6.07, 6.45) is 0.363. The first kappa shape index (κ1) is 15.0. The standard InChI is InChI=1S/C14H19NO4/c1-4-11(14(17)18)15(3)13(16)9-19-12-8-6-5-7-10(12)2/h5-8,11H,4,9H2,1-3H3,(H,17,18). The smallest absolute Gasteiger partial charge is 0.326 e. The highest BCUT2D eigenvalue weighted by molar-refractivity contribution is 5.84. The molecule has 0 bridgehead atoms. The summed E-state index contributed by atoms with van der Waals surface area (Å²) in [4.78, 5) is 24.0. The van der Waals surface area contributed by atoms with E-state index in [9.17, 15) is 9.59 Å². The number of carbonyl (C=O) groups excluding carboxylic acids is 1. The lowest BCUT2D eigenvalue weighted by Crippen LogP contribution is -2.44. The molecule has 0 heterocycles. The number of para-hydroxylation sites is 1. The van der Waals surface area contributed by atoms with Crippen molar-refractivity contribution >= 4 is 11.9 Å². The van der Waals surface area contributed by atoms with Gasteiger partial charge in [0, 0.05) is 7.05 Å². The van der Waals surface area contributed by atoms with Gasteiger partial charge in [-0.3, -0.25) is 4.79 Å². The van der Waals surface area contributed by atoms with Gasteiger partial charge in [0.2, 0.25) is 0 Å². The molecule has 0 spiro atoms. The molecule has 0 saturated heterocycles. The summed E-state index contributed by atoms with van der Waals surface area (Å²) >= 11 is 0. The highest BCUT2D eigenvalue weighted by Gasteiger charge is 2.24. The molecule has 0 saturated carbocycles. The summed E-state index contributed by atoms with van der Waals surface area (Å²) in [6.45, 7) is 3.45. The largest absolute Gasteiger partial charge is 0.484 e. The number of carbonyl (C=O) groups is 2. The molecule has 1 amide bonds. The van der Waals surface area contributed by atoms with Crippen molar-refractivity contribution < 1.29 is 19.4 Å². The van der Waals surface area contributed by atoms with Crippen LogP contribution in [0.3, 0.4) is 0 Å². The summed E-state index contributed by atoms with van der Waals surface area (Å²) in [5.41, 5.74) is 0.934. The number of amides is 1. The summed E-state index contributed by atoms with van der Waals surface area (Å²) in [7, 11) is 1.48. The minimum atomic E-state index is -1.01. The Morgan fingerprint density at radius 2 is 2.00 bits per heavy atom. The third kappa shape index (κ3) is 3.98. The second kappa shape index (κ2) is 6.78. The molecule has 19 heavy (non-hydrogen) atoms. The van der Waals surface area contributed by atoms with E-state index in [0.717, 1.165) is 5.56 Å². The first-order valence-electron chi connectivity index (χ1n) is 6.14. The monoisotopic (exact) mass is 265 g/mol. The quantitative estimate of drug-likeness (QED) is 0.850. The molecule has 1 N–H and O–H groups in total. The Labute approximate surface area is 112 Å². The fourth-order valence-corrected chi connectivity index (χ4v) is 1.75. The van der Waals surface area contributed by atoms with E-state index in [4.69, 9.17) is 9.84 Å². The van der Waals surface area contributed by atoms with Crippen molar-refractivity contribution in [2.75, 3.05) is 13.7 Å². The molecule has 0 aromatic heterocycles. The van der Waals surface area contributed by atoms with E-state index in [0.29, 0.717) is 12.2 Å². The Kier molecular flexibility index (Phi) is 5.36. The van der Waals surface area contributed by atoms with E-state index in [1.807, 2.05) is 25.1 Å². The average Bonchev–Trinajstić information content (AvgIpc) is 2.37. The number of hydrogen-bond donors (Lipinski definition) is 1. The van der Waals surface area contributed by atoms with E-state index in [1.165, 1.54) is 11.9 Å². The Hall–Kier alpha value is -2.04. The van der Waals surface area contributed by atoms with Crippen LogP contribution in [0.5, 0.6) is 5.75 Å². The molecule has 104 valence electrons. The van der Waals surface area contributed by atoms with Gasteiger partial charge in [-0.25, -0.2) is 4.79 Å². The predicted molar refractivity (Wildman–Crippen MR) is 71.2 cm³/mol. The minimum Gasteiger partial charge on any atom is -0.484 e. The molecule has 0 aliphatic heterocycles. The Bertz CT molecular complexity index is 459. The number of hydrogen-bond acceptors (Lipinski definition) is 3. The van der Waals surface area contributed by atoms with Crippen molar-refractivity contribution in [2.24, 2.45) is 0 Å². The van der Waals surface area contributed by atoms with Crippen LogP contribution in [-0.2, 0) is 9.59 Å². The molecule has 0 fully saturated rings. The molecule has 1 rings (SSSR count). The lowest BCUT2D eigenvalue weighted by atomic mass is 10.2. The molecule has 5 heteroatoms. The zero-order valence-electron chi connectivity index (χ0n) is 11.4. The Balaban J connectivity index is 2.60. The number of benzene rings is 1. The van der Waals surface area contributed by atoms with Gasteiger partial charge in [-0.05, 0) is 25.0 Å². The third-order valence-electron chi connectivity index (χ3n) is 2.98. The number of carboxylic acid groups (broad SMARTS) is 1. The molecule has 1 aromatic rings. The molecule has 5 nitrogen and oxygen atoms in total. The summed E-state index contributed by atoms with van der Waals surface area (Å²) in [5.74, 6) is -0.723. The normalized spacial score (nSPS) is 11.7. The number of rotatable bonds is 6. The number of nitrogens with zero attached hydrogens (tertiary/aromatic N) is 1. The highest BCUT2D eigenvalue weighted by Crippen LogP contribution is 2.16. The van der Waals surface area contributed by atoms with Crippen LogP contribution in [0.2, 0.25) is 0 Å². The predicted octanol–water partition coefficient (Wildman–Crippen LogP) is 1.70. The molecule has 1 unspecified atom stereocenters. The van der Waals surface area contributed by atoms with Gasteiger partial charge in [-0.1, -0.05) is 25.1 Å². The average molecular weight is 265 g/mol. The molecular formula is C14H19NO4. The van der Waals surface area contributed by atoms with E-state index in [-0.39, 0.29) is 12.5 Å². The van der Waals surface area contributed by atoms with Crippen molar-refractivity contribution in [1.82, 2.24) is 4.90 Å². The molecule has 0 aliphatic rings. The number of carboxylic acids is 1. The number of aryl methyl sites for hydroxylation is 1. The number of aliphatic carboxylic acids is 1. The number of likely N-dealkylation sites (N-methyl/N-ethyl adjacent to an activating group) is 1. The third-order valence-corrected chi connectivity index (χ3v) is 2.98. The van der Waals surface area contributed by atoms with Gasteiger partial charge in [-0.15, -0.1) is 0 Å². The lowest BCUT2D eigenvalue weighted by molar-refractivity contribution is -0.149. The van der Waals surface area contributed by atoms with Crippen molar-refractivity contribution in [2.45, 2.75) is 26.3 Å². The van der Waals surface area contributed by atoms with Crippen LogP contribution in [0.25, 0.3) is 0 Å². The summed E-state index contributed by atoms with van der Waals surface area (Å²) < 4.78 is 5.41. The van der Waals surface area contributed by atoms with Gasteiger partial charge in [0.15, 0.2) is 6.61 Å². The maximum atomic E-state index is 11.9. The minimum absolute atomic E-state index is 0.162. The van der Waals surface area contributed by atoms with Crippen LogP contribution >= 0.6 is 0 Å². The van der Waals surface area contributed by atoms with Crippen LogP contribution in [0, 0.1) is 6.92 Å². The topological polar surface area (TPSA) is 66.8 Å². The SMILES string of the molecule is CCC(C(=O)O)N(C)C(=O)COc1ccccc1C. The van der Waals surface area contributed by atoms with Crippen molar-refractivity contribution in [3.63, 3.8) is 0 Å². The van der Waals surface area contributed by atoms with Gasteiger partial charge in [-0.2, -0.15) is 0 Å². The first-order valence-corrected chi connectivity index (χ1v) is 6.14. The Morgan fingerprint density at radius 3 is 2.53 bits per heavy atom. The van der Waals surface area contributed by atoms with Crippen LogP contribution in [0.4, 0.5) is 0 Å². The maximum absolute atomic E-state index is 11.9. The van der Waals surface area contributed by atoms with Crippen LogP contribution in [-0.4, -0.2) is 41.6 Å². The van der Waals surface area contributed by atoms with Gasteiger partial charge in [0.25, 0.3) is 5.91 Å². The molecule has 1 aromatic carbocycles. The fourth-order valence-electron chi connectivity index (χ4n) is 1.75. The van der Waals surface area contributed by atoms with E-state index < -0.39 is 12.0 Å². The van der Waals surface area contributed by atoms with E-state index in [2.05, 4.69) is 0 Å². The fraction of sp³-hybridized carbons (Fsp3) is 0.429. The Morgan fingerprint density at radius 1 is 1.37 bits per heavy atom. The van der Waals surface area contributed by atoms with E-state index in [1.54, 1.807) is 13.0 Å². The molecular weight excluding hydrogens is 246 g/mol. The lowest BCUT2D eigenvalue weighted by Gasteiger charge is -2.23. The van der Waals surface area contributed by atoms with E-state index >= 15 is 0 Å². The summed E-state index contributed by atoms with van der Waals surface area (Å²) in [6, 6.07) is 6.55. The van der Waals surface area contributed by atoms with Crippen LogP contribution < -0.4 is 4.74 Å². The highest BCUT2D eigenvalue weighted by atomic mass is 16.5. The van der Waals surface area contributed by atoms with Crippen molar-refractivity contribution in [3.8, 4) is 5.75 Å². The van der Waals surface area contributed by atoms with Crippen LogP contribution in [0.1, 0.15) is 18.9 Å². The van der Waals surface area contributed by atoms with Crippen molar-refractivity contribution in [1.29, 1.82) is 0 Å². The summed E-state index contributed by atoms with van der Waals surface area (Å²) in [5, 5.41) is 8.99. The number of ether oxygens (including phenoxy) is 1. The molecule has 0 aliphatic carbocycles. The first-order chi connectivity index (χ1) is 8.97. The van der Waals surface area contributed by atoms with Crippen LogP contribution in [0.15, 0.2) is 24.3 Å². The second-order valence-corrected chi connectivity index (χ2v) is 4.32. The second-order valence-electron chi connectivity index (χ2n) is 4.32. The maximum Gasteiger partial charge on any atom is 0.326 e. The van der Waals surface area contributed by atoms with Gasteiger partial charge in [0.1, 0.15) is 11.8 Å².